The van der Waals surface area contributed by atoms with Gasteiger partial charge in [-0.15, -0.1) is 0 Å². The standard InChI is InChI=1S/C10H14BrNS/c1-8-3-4-10(11)5-9(8)6-12(2)7-13/h3-5,13H,6-7H2,1-2H3. The Morgan fingerprint density at radius 2 is 2.15 bits per heavy atom. The zero-order valence-corrected chi connectivity index (χ0v) is 10.4. The Kier molecular flexibility index (Phi) is 4.29. The zero-order chi connectivity index (χ0) is 9.84. The maximum atomic E-state index is 4.22. The lowest BCUT2D eigenvalue weighted by Crippen LogP contribution is -2.16. The van der Waals surface area contributed by atoms with E-state index in [1.807, 2.05) is 0 Å². The van der Waals surface area contributed by atoms with E-state index < -0.39 is 0 Å². The molecule has 0 radical (unpaired) electrons. The number of benzene rings is 1. The van der Waals surface area contributed by atoms with E-state index >= 15 is 0 Å². The minimum Gasteiger partial charge on any atom is -0.293 e. The minimum atomic E-state index is 0.784. The molecule has 0 heterocycles. The van der Waals surface area contributed by atoms with Crippen LogP contribution in [0.4, 0.5) is 0 Å². The number of aryl methyl sites for hydroxylation is 1. The predicted molar refractivity (Wildman–Crippen MR) is 64.2 cm³/mol. The smallest absolute Gasteiger partial charge is 0.0414 e. The Balaban J connectivity index is 2.81. The molecule has 0 atom stereocenters. The van der Waals surface area contributed by atoms with Crippen molar-refractivity contribution in [1.82, 2.24) is 4.90 Å². The second-order valence-corrected chi connectivity index (χ2v) is 4.42. The third-order valence-electron chi connectivity index (χ3n) is 1.99. The first-order valence-electron chi connectivity index (χ1n) is 4.18. The highest BCUT2D eigenvalue weighted by Gasteiger charge is 2.01. The summed E-state index contributed by atoms with van der Waals surface area (Å²) in [5.41, 5.74) is 2.68. The molecule has 0 aliphatic heterocycles. The molecular weight excluding hydrogens is 246 g/mol. The molecule has 0 saturated carbocycles. The van der Waals surface area contributed by atoms with Crippen LogP contribution in [0.5, 0.6) is 0 Å². The van der Waals surface area contributed by atoms with Crippen molar-refractivity contribution in [1.29, 1.82) is 0 Å². The van der Waals surface area contributed by atoms with E-state index in [1.54, 1.807) is 0 Å². The van der Waals surface area contributed by atoms with Crippen LogP contribution in [0.15, 0.2) is 22.7 Å². The summed E-state index contributed by atoms with van der Waals surface area (Å²) in [5.74, 6) is 0.784. The molecule has 72 valence electrons. The first kappa shape index (κ1) is 11.1. The van der Waals surface area contributed by atoms with Crippen LogP contribution in [0.2, 0.25) is 0 Å². The van der Waals surface area contributed by atoms with Gasteiger partial charge in [-0.05, 0) is 37.2 Å². The molecule has 3 heteroatoms. The first-order valence-corrected chi connectivity index (χ1v) is 5.60. The summed E-state index contributed by atoms with van der Waals surface area (Å²) >= 11 is 7.69. The van der Waals surface area contributed by atoms with Crippen LogP contribution in [0, 0.1) is 6.92 Å². The number of halogens is 1. The van der Waals surface area contributed by atoms with Gasteiger partial charge >= 0.3 is 0 Å². The molecule has 0 aliphatic carbocycles. The van der Waals surface area contributed by atoms with Gasteiger partial charge in [-0.2, -0.15) is 12.6 Å². The highest BCUT2D eigenvalue weighted by atomic mass is 79.9. The summed E-state index contributed by atoms with van der Waals surface area (Å²) < 4.78 is 1.14. The monoisotopic (exact) mass is 259 g/mol. The molecule has 0 spiro atoms. The van der Waals surface area contributed by atoms with Crippen LogP contribution in [-0.4, -0.2) is 17.8 Å². The number of hydrogen-bond donors (Lipinski definition) is 1. The van der Waals surface area contributed by atoms with Crippen LogP contribution in [0.1, 0.15) is 11.1 Å². The van der Waals surface area contributed by atoms with E-state index in [2.05, 4.69) is 65.6 Å². The summed E-state index contributed by atoms with van der Waals surface area (Å²) in [6, 6.07) is 6.36. The van der Waals surface area contributed by atoms with Crippen LogP contribution >= 0.6 is 28.6 Å². The van der Waals surface area contributed by atoms with Crippen molar-refractivity contribution in [2.24, 2.45) is 0 Å². The van der Waals surface area contributed by atoms with Gasteiger partial charge in [0.2, 0.25) is 0 Å². The lowest BCUT2D eigenvalue weighted by atomic mass is 10.1. The van der Waals surface area contributed by atoms with Gasteiger partial charge < -0.3 is 0 Å². The number of nitrogens with zero attached hydrogens (tertiary/aromatic N) is 1. The van der Waals surface area contributed by atoms with Gasteiger partial charge in [0, 0.05) is 16.9 Å². The van der Waals surface area contributed by atoms with Gasteiger partial charge in [0.25, 0.3) is 0 Å². The number of rotatable bonds is 3. The molecular formula is C10H14BrNS. The highest BCUT2D eigenvalue weighted by molar-refractivity contribution is 9.10. The molecule has 1 nitrogen and oxygen atoms in total. The van der Waals surface area contributed by atoms with Crippen molar-refractivity contribution in [2.75, 3.05) is 12.9 Å². The second-order valence-electron chi connectivity index (χ2n) is 3.23. The zero-order valence-electron chi connectivity index (χ0n) is 7.92. The Morgan fingerprint density at radius 1 is 1.46 bits per heavy atom. The molecule has 0 N–H and O–H groups in total. The Hall–Kier alpha value is 0.01000. The molecule has 0 bridgehead atoms. The topological polar surface area (TPSA) is 3.24 Å². The van der Waals surface area contributed by atoms with Crippen LogP contribution < -0.4 is 0 Å². The fourth-order valence-corrected chi connectivity index (χ4v) is 1.66. The van der Waals surface area contributed by atoms with Gasteiger partial charge in [-0.1, -0.05) is 22.0 Å². The molecule has 1 aromatic carbocycles. The van der Waals surface area contributed by atoms with E-state index in [-0.39, 0.29) is 0 Å². The molecule has 0 aliphatic rings. The second kappa shape index (κ2) is 5.03. The first-order chi connectivity index (χ1) is 6.13. The molecule has 0 saturated heterocycles. The van der Waals surface area contributed by atoms with Gasteiger partial charge in [0.05, 0.1) is 0 Å². The molecule has 1 aromatic rings. The van der Waals surface area contributed by atoms with E-state index in [0.29, 0.717) is 0 Å². The fraction of sp³-hybridized carbons (Fsp3) is 0.400. The van der Waals surface area contributed by atoms with E-state index in [0.717, 1.165) is 16.9 Å². The van der Waals surface area contributed by atoms with Crippen molar-refractivity contribution < 1.29 is 0 Å². The van der Waals surface area contributed by atoms with Crippen molar-refractivity contribution in [3.05, 3.63) is 33.8 Å². The predicted octanol–water partition coefficient (Wildman–Crippen LogP) is 3.08. The largest absolute Gasteiger partial charge is 0.293 e. The summed E-state index contributed by atoms with van der Waals surface area (Å²) in [7, 11) is 2.06. The normalized spacial score (nSPS) is 10.8. The minimum absolute atomic E-state index is 0.784. The van der Waals surface area contributed by atoms with Crippen molar-refractivity contribution in [2.45, 2.75) is 13.5 Å². The molecule has 1 rings (SSSR count). The summed E-state index contributed by atoms with van der Waals surface area (Å²) in [4.78, 5) is 2.16. The Labute approximate surface area is 93.7 Å². The lowest BCUT2D eigenvalue weighted by molar-refractivity contribution is 0.386. The Morgan fingerprint density at radius 3 is 2.77 bits per heavy atom. The van der Waals surface area contributed by atoms with Gasteiger partial charge in [0.1, 0.15) is 0 Å². The fourth-order valence-electron chi connectivity index (χ4n) is 1.15. The molecule has 0 amide bonds. The van der Waals surface area contributed by atoms with Gasteiger partial charge in [-0.3, -0.25) is 4.90 Å². The highest BCUT2D eigenvalue weighted by Crippen LogP contribution is 2.17. The van der Waals surface area contributed by atoms with E-state index in [4.69, 9.17) is 0 Å². The molecule has 0 unspecified atom stereocenters. The average molecular weight is 260 g/mol. The van der Waals surface area contributed by atoms with E-state index in [9.17, 15) is 0 Å². The molecule has 13 heavy (non-hydrogen) atoms. The van der Waals surface area contributed by atoms with Crippen molar-refractivity contribution >= 4 is 28.6 Å². The third-order valence-corrected chi connectivity index (χ3v) is 2.97. The van der Waals surface area contributed by atoms with Crippen LogP contribution in [-0.2, 0) is 6.54 Å². The summed E-state index contributed by atoms with van der Waals surface area (Å²) in [5, 5.41) is 0. The average Bonchev–Trinajstić information content (AvgIpc) is 2.11. The Bertz CT molecular complexity index is 288. The number of thiol groups is 1. The maximum Gasteiger partial charge on any atom is 0.0414 e. The maximum absolute atomic E-state index is 4.22. The van der Waals surface area contributed by atoms with Crippen molar-refractivity contribution in [3.63, 3.8) is 0 Å². The number of hydrogen-bond acceptors (Lipinski definition) is 2. The quantitative estimate of drug-likeness (QED) is 0.645. The van der Waals surface area contributed by atoms with Crippen LogP contribution in [0.25, 0.3) is 0 Å². The SMILES string of the molecule is Cc1ccc(Br)cc1CN(C)CS. The third kappa shape index (κ3) is 3.33. The summed E-state index contributed by atoms with van der Waals surface area (Å²) in [6.45, 7) is 3.09. The lowest BCUT2D eigenvalue weighted by Gasteiger charge is -2.15. The van der Waals surface area contributed by atoms with Crippen molar-refractivity contribution in [3.8, 4) is 0 Å². The summed E-state index contributed by atoms with van der Waals surface area (Å²) in [6.07, 6.45) is 0. The van der Waals surface area contributed by atoms with Gasteiger partial charge in [0.15, 0.2) is 0 Å². The van der Waals surface area contributed by atoms with Gasteiger partial charge in [-0.25, -0.2) is 0 Å². The molecule has 0 fully saturated rings. The van der Waals surface area contributed by atoms with E-state index in [1.165, 1.54) is 11.1 Å². The molecule has 0 aromatic heterocycles. The van der Waals surface area contributed by atoms with Crippen LogP contribution in [0.3, 0.4) is 0 Å².